The van der Waals surface area contributed by atoms with E-state index >= 15 is 0 Å². The van der Waals surface area contributed by atoms with Crippen molar-refractivity contribution in [2.24, 2.45) is 0 Å². The number of hydrogen-bond acceptors (Lipinski definition) is 17. The minimum Gasteiger partial charge on any atom is -0.479 e. The first-order valence-corrected chi connectivity index (χ1v) is 30.1. The molecule has 4 aliphatic heterocycles. The normalized spacial score (nSPS) is 18.2. The fourth-order valence-electron chi connectivity index (χ4n) is 11.9. The van der Waals surface area contributed by atoms with Gasteiger partial charge in [0, 0.05) is 51.4 Å². The van der Waals surface area contributed by atoms with Crippen molar-refractivity contribution in [3.63, 3.8) is 0 Å². The van der Waals surface area contributed by atoms with Gasteiger partial charge in [0.2, 0.25) is 11.9 Å². The molecule has 6 aromatic rings. The molecule has 6 heterocycles. The van der Waals surface area contributed by atoms with E-state index in [9.17, 15) is 77.6 Å². The molecule has 0 radical (unpaired) electrons. The standard InChI is InChI=1S/C32H30F6N6O5.C32H32F6N6O3/c1-2-23-13-27(25-12-21(31(33,34)35)3-4-26(25)44(23)30(47)49-18-28(45)46)43(17-20-9-19(14-39)10-22(11-20)32(36,37)38)29-40-15-24(16-41-29)42-5-7-48-8-6-42;1-3-24-15-28(26-14-22(31(33,34)35)5-6-27(26)44(24)30(45)47-4-2)43(19-21-11-20(16-39)12-23(13-21)32(36,37)38)29-40-17-25(18-41-29)42-7-9-46-10-8-42/h3-4,9-12,15-16,23,27H,2,5-8,13,17-18H2,1H3,(H,45,46);5-6,11-14,17-18,24,28H,3-4,7-10,15,19H2,1-2H3/t23-,27+;24-,28+/m11/s1. The Kier molecular flexibility index (Phi) is 21.7. The predicted octanol–water partition coefficient (Wildman–Crippen LogP) is 13.3. The molecule has 510 valence electrons. The molecule has 2 aromatic heterocycles. The summed E-state index contributed by atoms with van der Waals surface area (Å²) in [5.41, 5.74) is -3.06. The Morgan fingerprint density at radius 3 is 1.23 bits per heavy atom. The van der Waals surface area contributed by atoms with Crippen molar-refractivity contribution >= 4 is 52.8 Å². The van der Waals surface area contributed by atoms with E-state index in [2.05, 4.69) is 19.9 Å². The van der Waals surface area contributed by atoms with Gasteiger partial charge in [-0.3, -0.25) is 9.80 Å². The number of rotatable bonds is 15. The Balaban J connectivity index is 0.000000226. The number of nitrogens with zero attached hydrogens (tertiary/aromatic N) is 12. The second kappa shape index (κ2) is 29.5. The maximum absolute atomic E-state index is 14.1. The van der Waals surface area contributed by atoms with Gasteiger partial charge >= 0.3 is 42.9 Å². The zero-order valence-electron chi connectivity index (χ0n) is 51.6. The number of fused-ring (bicyclic) bond motifs is 2. The highest BCUT2D eigenvalue weighted by Gasteiger charge is 2.45. The van der Waals surface area contributed by atoms with E-state index < -0.39 is 95.9 Å². The molecule has 10 rings (SSSR count). The Hall–Kier alpha value is -9.69. The van der Waals surface area contributed by atoms with Crippen LogP contribution in [0, 0.1) is 22.7 Å². The van der Waals surface area contributed by atoms with Gasteiger partial charge in [-0.05, 0) is 128 Å². The third-order valence-corrected chi connectivity index (χ3v) is 16.5. The van der Waals surface area contributed by atoms with Gasteiger partial charge in [-0.1, -0.05) is 13.8 Å². The molecular weight excluding hydrogens is 1290 g/mol. The number of anilines is 6. The number of benzene rings is 4. The fraction of sp³-hybridized carbons (Fsp3) is 0.422. The van der Waals surface area contributed by atoms with E-state index in [0.717, 1.165) is 53.4 Å². The van der Waals surface area contributed by atoms with Gasteiger partial charge in [-0.25, -0.2) is 34.3 Å². The van der Waals surface area contributed by atoms with Crippen LogP contribution in [0.5, 0.6) is 0 Å². The quantitative estimate of drug-likeness (QED) is 0.0943. The summed E-state index contributed by atoms with van der Waals surface area (Å²) >= 11 is 0. The largest absolute Gasteiger partial charge is 0.479 e. The van der Waals surface area contributed by atoms with E-state index in [1.54, 1.807) is 38.4 Å². The highest BCUT2D eigenvalue weighted by Crippen LogP contribution is 2.48. The summed E-state index contributed by atoms with van der Waals surface area (Å²) in [5, 5.41) is 28.1. The number of alkyl halides is 12. The number of aliphatic carboxylic acids is 1. The number of carbonyl (C=O) groups is 3. The van der Waals surface area contributed by atoms with Gasteiger partial charge in [-0.2, -0.15) is 63.2 Å². The van der Waals surface area contributed by atoms with Crippen LogP contribution in [0.4, 0.5) is 96.9 Å². The Bertz CT molecular complexity index is 3840. The third-order valence-electron chi connectivity index (χ3n) is 16.5. The number of halogens is 12. The van der Waals surface area contributed by atoms with Crippen molar-refractivity contribution < 1.29 is 91.1 Å². The number of carboxylic acid groups (broad SMARTS) is 1. The van der Waals surface area contributed by atoms with E-state index in [-0.39, 0.29) is 95.6 Å². The fourth-order valence-corrected chi connectivity index (χ4v) is 11.9. The second-order valence-corrected chi connectivity index (χ2v) is 22.6. The summed E-state index contributed by atoms with van der Waals surface area (Å²) in [6, 6.07) is 11.6. The average molecular weight is 1360 g/mol. The van der Waals surface area contributed by atoms with Gasteiger partial charge in [0.05, 0.1) is 138 Å². The van der Waals surface area contributed by atoms with Crippen LogP contribution in [0.2, 0.25) is 0 Å². The minimum absolute atomic E-state index is 0.0109. The van der Waals surface area contributed by atoms with Crippen molar-refractivity contribution in [2.75, 3.05) is 95.2 Å². The summed E-state index contributed by atoms with van der Waals surface area (Å²) in [6.07, 6.45) is -14.2. The van der Waals surface area contributed by atoms with E-state index in [0.29, 0.717) is 76.5 Å². The first kappa shape index (κ1) is 70.6. The van der Waals surface area contributed by atoms with Gasteiger partial charge in [0.25, 0.3) is 0 Å². The maximum atomic E-state index is 14.1. The smallest absolute Gasteiger partial charge is 0.416 e. The number of aromatic nitrogens is 4. The molecule has 2 fully saturated rings. The van der Waals surface area contributed by atoms with Crippen LogP contribution in [0.3, 0.4) is 0 Å². The van der Waals surface area contributed by atoms with Crippen LogP contribution in [-0.2, 0) is 61.5 Å². The predicted molar refractivity (Wildman–Crippen MR) is 322 cm³/mol. The van der Waals surface area contributed by atoms with E-state index in [1.165, 1.54) is 45.3 Å². The molecule has 4 aromatic carbocycles. The van der Waals surface area contributed by atoms with Crippen LogP contribution in [0.15, 0.2) is 97.6 Å². The molecule has 0 saturated carbocycles. The molecule has 0 unspecified atom stereocenters. The van der Waals surface area contributed by atoms with Crippen molar-refractivity contribution in [3.05, 3.63) is 153 Å². The molecule has 20 nitrogen and oxygen atoms in total. The Morgan fingerprint density at radius 1 is 0.542 bits per heavy atom. The number of nitriles is 2. The lowest BCUT2D eigenvalue weighted by atomic mass is 9.87. The molecule has 0 aliphatic carbocycles. The monoisotopic (exact) mass is 1350 g/mol. The number of hydrogen-bond donors (Lipinski definition) is 1. The second-order valence-electron chi connectivity index (χ2n) is 22.6. The molecule has 2 saturated heterocycles. The topological polar surface area (TPSA) is 227 Å². The van der Waals surface area contributed by atoms with Crippen LogP contribution in [0.25, 0.3) is 0 Å². The van der Waals surface area contributed by atoms with E-state index in [4.69, 9.17) is 24.1 Å². The molecule has 0 spiro atoms. The Labute approximate surface area is 541 Å². The number of carboxylic acids is 1. The highest BCUT2D eigenvalue weighted by molar-refractivity contribution is 5.92. The van der Waals surface area contributed by atoms with Gasteiger partial charge < -0.3 is 43.7 Å². The molecule has 2 amide bonds. The van der Waals surface area contributed by atoms with Crippen molar-refractivity contribution in [1.82, 2.24) is 19.9 Å². The van der Waals surface area contributed by atoms with Gasteiger partial charge in [0.15, 0.2) is 6.61 Å². The van der Waals surface area contributed by atoms with Crippen LogP contribution >= 0.6 is 0 Å². The molecule has 96 heavy (non-hydrogen) atoms. The highest BCUT2D eigenvalue weighted by atomic mass is 19.4. The van der Waals surface area contributed by atoms with Crippen molar-refractivity contribution in [3.8, 4) is 12.1 Å². The molecule has 32 heteroatoms. The SMILES string of the molecule is CCOC(=O)N1c2ccc(C(F)(F)F)cc2[C@@H](N(Cc2cc(C#N)cc(C(F)(F)F)c2)c2ncc(N3CCOCC3)cn2)C[C@H]1CC.CC[C@@H]1C[C@H](N(Cc2cc(C#N)cc(C(F)(F)F)c2)c2ncc(N3CCOCC3)cn2)c2cc(C(F)(F)F)ccc2N1C(=O)OCC(=O)O. The van der Waals surface area contributed by atoms with Crippen LogP contribution in [-0.4, -0.2) is 121 Å². The lowest BCUT2D eigenvalue weighted by Crippen LogP contribution is -2.48. The first-order valence-electron chi connectivity index (χ1n) is 30.1. The van der Waals surface area contributed by atoms with Crippen molar-refractivity contribution in [2.45, 2.75) is 108 Å². The lowest BCUT2D eigenvalue weighted by molar-refractivity contribution is -0.140. The lowest BCUT2D eigenvalue weighted by Gasteiger charge is -2.44. The summed E-state index contributed by atoms with van der Waals surface area (Å²) < 4.78 is 188. The van der Waals surface area contributed by atoms with Crippen LogP contribution < -0.4 is 29.4 Å². The van der Waals surface area contributed by atoms with E-state index in [1.807, 2.05) is 16.7 Å². The summed E-state index contributed by atoms with van der Waals surface area (Å²) in [4.78, 5) is 64.8. The molecule has 4 atom stereocenters. The number of morpholine rings is 2. The van der Waals surface area contributed by atoms with Gasteiger partial charge in [-0.15, -0.1) is 0 Å². The Morgan fingerprint density at radius 2 is 0.906 bits per heavy atom. The number of ether oxygens (including phenoxy) is 4. The number of carbonyl (C=O) groups excluding carboxylic acids is 2. The summed E-state index contributed by atoms with van der Waals surface area (Å²) in [6.45, 7) is 7.75. The number of amides is 2. The molecular formula is C64H62F12N12O8. The average Bonchev–Trinajstić information content (AvgIpc) is 0.755. The first-order chi connectivity index (χ1) is 45.5. The summed E-state index contributed by atoms with van der Waals surface area (Å²) in [7, 11) is 0. The van der Waals surface area contributed by atoms with Crippen molar-refractivity contribution in [1.29, 1.82) is 10.5 Å². The van der Waals surface area contributed by atoms with Gasteiger partial charge in [0.1, 0.15) is 0 Å². The molecule has 0 bridgehead atoms. The minimum atomic E-state index is -4.81. The maximum Gasteiger partial charge on any atom is 0.416 e. The third kappa shape index (κ3) is 16.5. The zero-order valence-corrected chi connectivity index (χ0v) is 51.6. The van der Waals surface area contributed by atoms with Crippen LogP contribution in [0.1, 0.15) is 114 Å². The summed E-state index contributed by atoms with van der Waals surface area (Å²) in [5.74, 6) is -1.42. The zero-order chi connectivity index (χ0) is 69.4. The molecule has 4 aliphatic rings. The molecule has 1 N–H and O–H groups in total.